The van der Waals surface area contributed by atoms with Crippen LogP contribution >= 0.6 is 0 Å². The molecule has 2 amide bonds. The van der Waals surface area contributed by atoms with E-state index in [9.17, 15) is 14.0 Å². The van der Waals surface area contributed by atoms with Gasteiger partial charge in [-0.15, -0.1) is 0 Å². The fourth-order valence-electron chi connectivity index (χ4n) is 4.48. The highest BCUT2D eigenvalue weighted by molar-refractivity contribution is 6.03. The van der Waals surface area contributed by atoms with Gasteiger partial charge in [0.2, 0.25) is 11.8 Å². The van der Waals surface area contributed by atoms with Crippen molar-refractivity contribution < 1.29 is 18.7 Å². The molecule has 4 heterocycles. The fraction of sp³-hybridized carbons (Fsp3) is 0.286. The molecule has 1 aromatic heterocycles. The molecule has 5 rings (SSSR count). The first-order chi connectivity index (χ1) is 13.6. The molecule has 4 atom stereocenters. The molecule has 1 N–H and O–H groups in total. The normalized spacial score (nSPS) is 30.0. The predicted octanol–water partition coefficient (Wildman–Crippen LogP) is 1.82. The number of rotatable bonds is 4. The van der Waals surface area contributed by atoms with Gasteiger partial charge >= 0.3 is 0 Å². The number of nitrogens with one attached hydrogen (secondary N) is 1. The maximum Gasteiger partial charge on any atom is 0.234 e. The van der Waals surface area contributed by atoms with Crippen LogP contribution < -0.4 is 10.2 Å². The molecule has 0 unspecified atom stereocenters. The maximum absolute atomic E-state index is 14.3. The van der Waals surface area contributed by atoms with E-state index >= 15 is 0 Å². The van der Waals surface area contributed by atoms with Crippen LogP contribution in [0.1, 0.15) is 5.56 Å². The first kappa shape index (κ1) is 17.1. The zero-order valence-corrected chi connectivity index (χ0v) is 14.9. The molecule has 142 valence electrons. The molecule has 1 spiro atoms. The second kappa shape index (κ2) is 6.24. The molecule has 2 saturated heterocycles. The van der Waals surface area contributed by atoms with Crippen molar-refractivity contribution in [2.24, 2.45) is 11.8 Å². The van der Waals surface area contributed by atoms with E-state index < -0.39 is 29.4 Å². The lowest BCUT2D eigenvalue weighted by atomic mass is 9.77. The molecular formula is C21H18FN3O3. The number of nitrogens with zero attached hydrogens (tertiary/aromatic N) is 2. The first-order valence-electron chi connectivity index (χ1n) is 9.19. The summed E-state index contributed by atoms with van der Waals surface area (Å²) in [5, 5.41) is 2.88. The molecule has 0 saturated carbocycles. The van der Waals surface area contributed by atoms with Crippen LogP contribution in [0.3, 0.4) is 0 Å². The number of pyridine rings is 1. The van der Waals surface area contributed by atoms with Crippen LogP contribution in [0.25, 0.3) is 0 Å². The van der Waals surface area contributed by atoms with Crippen LogP contribution in [0.5, 0.6) is 0 Å². The highest BCUT2D eigenvalue weighted by atomic mass is 19.1. The molecule has 2 aromatic rings. The Bertz CT molecular complexity index is 980. The Morgan fingerprint density at radius 3 is 2.96 bits per heavy atom. The van der Waals surface area contributed by atoms with Crippen LogP contribution in [0.2, 0.25) is 0 Å². The topological polar surface area (TPSA) is 71.5 Å². The number of anilines is 1. The summed E-state index contributed by atoms with van der Waals surface area (Å²) in [5.74, 6) is -2.28. The van der Waals surface area contributed by atoms with Gasteiger partial charge in [-0.25, -0.2) is 4.39 Å². The molecule has 3 aliphatic rings. The second-order valence-electron chi connectivity index (χ2n) is 7.35. The van der Waals surface area contributed by atoms with Gasteiger partial charge in [-0.2, -0.15) is 0 Å². The Balaban J connectivity index is 1.40. The number of hydrogen-bond acceptors (Lipinski definition) is 4. The van der Waals surface area contributed by atoms with E-state index in [1.54, 1.807) is 36.7 Å². The van der Waals surface area contributed by atoms with Gasteiger partial charge in [0.1, 0.15) is 11.4 Å². The molecule has 2 bridgehead atoms. The van der Waals surface area contributed by atoms with E-state index in [-0.39, 0.29) is 24.0 Å². The Hall–Kier alpha value is -3.06. The van der Waals surface area contributed by atoms with Gasteiger partial charge in [-0.1, -0.05) is 30.4 Å². The number of para-hydroxylation sites is 1. The van der Waals surface area contributed by atoms with E-state index in [1.165, 1.54) is 11.0 Å². The van der Waals surface area contributed by atoms with Crippen LogP contribution in [0, 0.1) is 17.7 Å². The van der Waals surface area contributed by atoms with E-state index in [2.05, 4.69) is 10.3 Å². The average molecular weight is 379 g/mol. The maximum atomic E-state index is 14.3. The van der Waals surface area contributed by atoms with Crippen LogP contribution in [0.15, 0.2) is 60.9 Å². The Kier molecular flexibility index (Phi) is 3.80. The third kappa shape index (κ3) is 2.46. The largest absolute Gasteiger partial charge is 0.360 e. The van der Waals surface area contributed by atoms with Gasteiger partial charge in [0.25, 0.3) is 0 Å². The monoisotopic (exact) mass is 379 g/mol. The van der Waals surface area contributed by atoms with E-state index in [0.29, 0.717) is 6.54 Å². The molecule has 7 heteroatoms. The van der Waals surface area contributed by atoms with E-state index in [1.807, 2.05) is 18.2 Å². The summed E-state index contributed by atoms with van der Waals surface area (Å²) in [5.41, 5.74) is 0.211. The summed E-state index contributed by atoms with van der Waals surface area (Å²) in [7, 11) is 0. The summed E-state index contributed by atoms with van der Waals surface area (Å²) in [6, 6.07) is 9.82. The summed E-state index contributed by atoms with van der Waals surface area (Å²) in [6.45, 7) is 0.529. The Morgan fingerprint density at radius 2 is 2.18 bits per heavy atom. The van der Waals surface area contributed by atoms with Crippen molar-refractivity contribution in [2.75, 3.05) is 11.4 Å². The molecule has 2 fully saturated rings. The van der Waals surface area contributed by atoms with Crippen molar-refractivity contribution in [3.05, 3.63) is 72.3 Å². The van der Waals surface area contributed by atoms with E-state index in [4.69, 9.17) is 4.74 Å². The predicted molar refractivity (Wildman–Crippen MR) is 98.6 cm³/mol. The third-order valence-electron chi connectivity index (χ3n) is 5.74. The lowest BCUT2D eigenvalue weighted by Gasteiger charge is -2.23. The number of fused-ring (bicyclic) bond motifs is 1. The van der Waals surface area contributed by atoms with Crippen LogP contribution in [-0.2, 0) is 20.9 Å². The molecule has 28 heavy (non-hydrogen) atoms. The third-order valence-corrected chi connectivity index (χ3v) is 5.74. The smallest absolute Gasteiger partial charge is 0.234 e. The molecule has 1 aromatic carbocycles. The summed E-state index contributed by atoms with van der Waals surface area (Å²) >= 11 is 0. The highest BCUT2D eigenvalue weighted by Gasteiger charge is 2.67. The number of amides is 2. The van der Waals surface area contributed by atoms with Crippen LogP contribution in [0.4, 0.5) is 10.1 Å². The molecule has 6 nitrogen and oxygen atoms in total. The van der Waals surface area contributed by atoms with Gasteiger partial charge in [0.05, 0.1) is 30.2 Å². The second-order valence-corrected chi connectivity index (χ2v) is 7.35. The van der Waals surface area contributed by atoms with Crippen molar-refractivity contribution in [2.45, 2.75) is 18.2 Å². The van der Waals surface area contributed by atoms with Crippen molar-refractivity contribution >= 4 is 17.5 Å². The summed E-state index contributed by atoms with van der Waals surface area (Å²) < 4.78 is 20.3. The number of hydrogen-bond donors (Lipinski definition) is 1. The lowest BCUT2D eigenvalue weighted by molar-refractivity contribution is -0.132. The fourth-order valence-corrected chi connectivity index (χ4v) is 4.48. The minimum absolute atomic E-state index is 0.205. The average Bonchev–Trinajstić information content (AvgIpc) is 3.36. The molecule has 3 aliphatic heterocycles. The number of ether oxygens (including phenoxy) is 1. The minimum atomic E-state index is -0.875. The van der Waals surface area contributed by atoms with Gasteiger partial charge in [0, 0.05) is 18.9 Å². The number of carbonyl (C=O) groups excluding carboxylic acids is 2. The zero-order chi connectivity index (χ0) is 19.3. The van der Waals surface area contributed by atoms with Crippen LogP contribution in [-0.4, -0.2) is 35.0 Å². The zero-order valence-electron chi connectivity index (χ0n) is 14.9. The summed E-state index contributed by atoms with van der Waals surface area (Å²) in [6.07, 6.45) is 6.60. The van der Waals surface area contributed by atoms with Crippen molar-refractivity contribution in [3.8, 4) is 0 Å². The van der Waals surface area contributed by atoms with Gasteiger partial charge in [0.15, 0.2) is 0 Å². The lowest BCUT2D eigenvalue weighted by Crippen LogP contribution is -2.44. The van der Waals surface area contributed by atoms with Gasteiger partial charge in [-0.05, 0) is 23.8 Å². The molecular weight excluding hydrogens is 361 g/mol. The SMILES string of the molecule is O=C(NCc1cccnc1)[C@@H]1[C@@H]2C=C[C@@]3(CN(c4ccccc4F)C(=O)[C@@H]13)O2. The van der Waals surface area contributed by atoms with Crippen molar-refractivity contribution in [1.29, 1.82) is 0 Å². The van der Waals surface area contributed by atoms with E-state index in [0.717, 1.165) is 5.56 Å². The number of aromatic nitrogens is 1. The Morgan fingerprint density at radius 1 is 1.32 bits per heavy atom. The molecule has 0 aliphatic carbocycles. The van der Waals surface area contributed by atoms with Gasteiger partial charge in [-0.3, -0.25) is 14.6 Å². The van der Waals surface area contributed by atoms with Crippen molar-refractivity contribution in [1.82, 2.24) is 10.3 Å². The van der Waals surface area contributed by atoms with Crippen molar-refractivity contribution in [3.63, 3.8) is 0 Å². The van der Waals surface area contributed by atoms with Gasteiger partial charge < -0.3 is 15.0 Å². The Labute approximate surface area is 161 Å². The standard InChI is InChI=1S/C21H18FN3O3/c22-14-5-1-2-6-15(14)25-12-21-8-7-16(28-21)17(18(21)20(25)27)19(26)24-11-13-4-3-9-23-10-13/h1-10,16-18H,11-12H2,(H,24,26)/t16-,17+,18+,21-/m0/s1. The number of carbonyl (C=O) groups is 2. The minimum Gasteiger partial charge on any atom is -0.360 e. The molecule has 0 radical (unpaired) electrons. The first-order valence-corrected chi connectivity index (χ1v) is 9.19. The number of halogens is 1. The quantitative estimate of drug-likeness (QED) is 0.823. The summed E-state index contributed by atoms with van der Waals surface area (Å²) in [4.78, 5) is 31.5. The highest BCUT2D eigenvalue weighted by Crippen LogP contribution is 2.52. The number of benzene rings is 1.